The van der Waals surface area contributed by atoms with Crippen molar-refractivity contribution in [2.75, 3.05) is 32.8 Å². The number of hydrogen-bond donors (Lipinski definition) is 1. The van der Waals surface area contributed by atoms with E-state index in [1.165, 1.54) is 12.8 Å². The van der Waals surface area contributed by atoms with Gasteiger partial charge in [-0.3, -0.25) is 4.79 Å². The van der Waals surface area contributed by atoms with Gasteiger partial charge in [0, 0.05) is 18.2 Å². The summed E-state index contributed by atoms with van der Waals surface area (Å²) in [6, 6.07) is 6.37. The second kappa shape index (κ2) is 8.50. The van der Waals surface area contributed by atoms with Crippen molar-refractivity contribution in [2.24, 2.45) is 0 Å². The van der Waals surface area contributed by atoms with E-state index in [-0.39, 0.29) is 5.76 Å². The number of ether oxygens (including phenoxy) is 1. The number of furan rings is 1. The van der Waals surface area contributed by atoms with Crippen molar-refractivity contribution in [3.05, 3.63) is 29.5 Å². The molecule has 3 rings (SSSR count). The van der Waals surface area contributed by atoms with E-state index < -0.39 is 0 Å². The third-order valence-corrected chi connectivity index (χ3v) is 5.09. The lowest BCUT2D eigenvalue weighted by molar-refractivity contribution is 0.157. The van der Waals surface area contributed by atoms with Crippen LogP contribution in [0.3, 0.4) is 0 Å². The van der Waals surface area contributed by atoms with E-state index in [4.69, 9.17) is 9.15 Å². The quantitative estimate of drug-likeness (QED) is 0.747. The molecule has 1 aliphatic heterocycles. The Bertz CT molecular complexity index is 704. The number of nitrogens with zero attached hydrogens (tertiary/aromatic N) is 1. The SMILES string of the molecule is CCN(CCCOc1cccc2oc([C]=O)c(C)c12)C1CCNCC1. The lowest BCUT2D eigenvalue weighted by Crippen LogP contribution is -2.43. The minimum Gasteiger partial charge on any atom is -0.493 e. The summed E-state index contributed by atoms with van der Waals surface area (Å²) in [5.74, 6) is 1.04. The van der Waals surface area contributed by atoms with Gasteiger partial charge in [0.2, 0.25) is 0 Å². The Balaban J connectivity index is 1.57. The lowest BCUT2D eigenvalue weighted by Gasteiger charge is -2.33. The summed E-state index contributed by atoms with van der Waals surface area (Å²) >= 11 is 0. The fourth-order valence-electron chi connectivity index (χ4n) is 3.70. The van der Waals surface area contributed by atoms with E-state index in [9.17, 15) is 4.79 Å². The molecular formula is C20H27N2O3. The molecule has 1 aliphatic rings. The lowest BCUT2D eigenvalue weighted by atomic mass is 10.0. The Morgan fingerprint density at radius 2 is 2.16 bits per heavy atom. The number of hydrogen-bond acceptors (Lipinski definition) is 5. The van der Waals surface area contributed by atoms with Gasteiger partial charge in [0.15, 0.2) is 5.76 Å². The van der Waals surface area contributed by atoms with Gasteiger partial charge in [-0.2, -0.15) is 0 Å². The second-order valence-corrected chi connectivity index (χ2v) is 6.60. The fraction of sp³-hybridized carbons (Fsp3) is 0.550. The van der Waals surface area contributed by atoms with Crippen molar-refractivity contribution in [3.63, 3.8) is 0 Å². The van der Waals surface area contributed by atoms with Gasteiger partial charge in [0.05, 0.1) is 12.0 Å². The molecule has 25 heavy (non-hydrogen) atoms. The van der Waals surface area contributed by atoms with Crippen LogP contribution in [0.25, 0.3) is 11.0 Å². The molecule has 0 amide bonds. The molecule has 5 nitrogen and oxygen atoms in total. The summed E-state index contributed by atoms with van der Waals surface area (Å²) < 4.78 is 11.5. The first-order chi connectivity index (χ1) is 12.2. The van der Waals surface area contributed by atoms with Gasteiger partial charge in [-0.15, -0.1) is 0 Å². The van der Waals surface area contributed by atoms with Crippen LogP contribution in [0.2, 0.25) is 0 Å². The Morgan fingerprint density at radius 1 is 1.36 bits per heavy atom. The summed E-state index contributed by atoms with van der Waals surface area (Å²) in [6.07, 6.45) is 5.30. The van der Waals surface area contributed by atoms with Gasteiger partial charge in [-0.1, -0.05) is 13.0 Å². The minimum atomic E-state index is 0.258. The highest BCUT2D eigenvalue weighted by Crippen LogP contribution is 2.32. The van der Waals surface area contributed by atoms with Crippen molar-refractivity contribution in [3.8, 4) is 5.75 Å². The second-order valence-electron chi connectivity index (χ2n) is 6.60. The van der Waals surface area contributed by atoms with Gasteiger partial charge >= 0.3 is 0 Å². The molecule has 0 unspecified atom stereocenters. The molecule has 0 atom stereocenters. The Labute approximate surface area is 149 Å². The monoisotopic (exact) mass is 343 g/mol. The summed E-state index contributed by atoms with van der Waals surface area (Å²) in [5, 5.41) is 4.30. The standard InChI is InChI=1S/C20H27N2O3/c1-3-22(16-8-10-21-11-9-16)12-5-13-24-17-6-4-7-18-20(17)15(2)19(14-23)25-18/h4,6-7,16,21H,3,5,8-13H2,1-2H3. The van der Waals surface area contributed by atoms with E-state index in [0.29, 0.717) is 18.2 Å². The first-order valence-corrected chi connectivity index (χ1v) is 9.22. The molecule has 2 aromatic rings. The highest BCUT2D eigenvalue weighted by molar-refractivity contribution is 5.93. The van der Waals surface area contributed by atoms with Gasteiger partial charge < -0.3 is 19.4 Å². The van der Waals surface area contributed by atoms with Gasteiger partial charge in [-0.25, -0.2) is 0 Å². The van der Waals surface area contributed by atoms with E-state index in [0.717, 1.165) is 49.3 Å². The highest BCUT2D eigenvalue weighted by atomic mass is 16.5. The van der Waals surface area contributed by atoms with Crippen molar-refractivity contribution in [1.29, 1.82) is 0 Å². The molecule has 1 aromatic carbocycles. The Kier molecular flexibility index (Phi) is 6.10. The zero-order chi connectivity index (χ0) is 17.6. The predicted octanol–water partition coefficient (Wildman–Crippen LogP) is 3.04. The highest BCUT2D eigenvalue weighted by Gasteiger charge is 2.19. The molecule has 135 valence electrons. The first kappa shape index (κ1) is 18.0. The molecular weight excluding hydrogens is 316 g/mol. The molecule has 1 aromatic heterocycles. The van der Waals surface area contributed by atoms with Crippen LogP contribution < -0.4 is 10.1 Å². The maximum atomic E-state index is 11.0. The average Bonchev–Trinajstić information content (AvgIpc) is 2.99. The number of carbonyl (C=O) groups excluding carboxylic acids is 1. The van der Waals surface area contributed by atoms with Crippen LogP contribution in [-0.4, -0.2) is 50.0 Å². The zero-order valence-electron chi connectivity index (χ0n) is 15.1. The van der Waals surface area contributed by atoms with Crippen molar-refractivity contribution >= 4 is 17.3 Å². The number of piperidine rings is 1. The number of rotatable bonds is 8. The number of benzene rings is 1. The molecule has 1 fully saturated rings. The summed E-state index contributed by atoms with van der Waals surface area (Å²) in [6.45, 7) is 9.13. The number of aryl methyl sites for hydroxylation is 1. The van der Waals surface area contributed by atoms with E-state index in [2.05, 4.69) is 17.1 Å². The summed E-state index contributed by atoms with van der Waals surface area (Å²) in [7, 11) is 0. The number of nitrogens with one attached hydrogen (secondary N) is 1. The van der Waals surface area contributed by atoms with Crippen LogP contribution in [0.1, 0.15) is 37.5 Å². The van der Waals surface area contributed by atoms with Crippen molar-refractivity contribution < 1.29 is 13.9 Å². The van der Waals surface area contributed by atoms with Crippen LogP contribution in [0.5, 0.6) is 5.75 Å². The molecule has 1 N–H and O–H groups in total. The molecule has 2 heterocycles. The van der Waals surface area contributed by atoms with Crippen LogP contribution in [0.4, 0.5) is 0 Å². The van der Waals surface area contributed by atoms with Crippen LogP contribution in [0, 0.1) is 6.92 Å². The topological polar surface area (TPSA) is 54.7 Å². The maximum Gasteiger partial charge on any atom is 0.272 e. The molecule has 0 spiro atoms. The smallest absolute Gasteiger partial charge is 0.272 e. The Hall–Kier alpha value is -1.85. The predicted molar refractivity (Wildman–Crippen MR) is 99.0 cm³/mol. The van der Waals surface area contributed by atoms with Crippen LogP contribution in [0.15, 0.2) is 22.6 Å². The maximum absolute atomic E-state index is 11.0. The Morgan fingerprint density at radius 3 is 2.88 bits per heavy atom. The zero-order valence-corrected chi connectivity index (χ0v) is 15.1. The molecule has 1 radical (unpaired) electrons. The van der Waals surface area contributed by atoms with Crippen molar-refractivity contribution in [1.82, 2.24) is 10.2 Å². The fourth-order valence-corrected chi connectivity index (χ4v) is 3.70. The normalized spacial score (nSPS) is 15.8. The van der Waals surface area contributed by atoms with Gasteiger partial charge in [0.25, 0.3) is 6.29 Å². The largest absolute Gasteiger partial charge is 0.493 e. The minimum absolute atomic E-state index is 0.258. The van der Waals surface area contributed by atoms with Gasteiger partial charge in [0.1, 0.15) is 11.3 Å². The molecule has 0 bridgehead atoms. The third-order valence-electron chi connectivity index (χ3n) is 5.09. The molecule has 5 heteroatoms. The van der Waals surface area contributed by atoms with Crippen molar-refractivity contribution in [2.45, 2.75) is 39.2 Å². The first-order valence-electron chi connectivity index (χ1n) is 9.22. The van der Waals surface area contributed by atoms with E-state index in [1.807, 2.05) is 31.4 Å². The van der Waals surface area contributed by atoms with E-state index >= 15 is 0 Å². The van der Waals surface area contributed by atoms with Gasteiger partial charge in [-0.05, 0) is 58.0 Å². The summed E-state index contributed by atoms with van der Waals surface area (Å²) in [4.78, 5) is 13.5. The van der Waals surface area contributed by atoms with Crippen LogP contribution in [-0.2, 0) is 4.79 Å². The summed E-state index contributed by atoms with van der Waals surface area (Å²) in [5.41, 5.74) is 1.48. The molecule has 0 saturated carbocycles. The average molecular weight is 343 g/mol. The third kappa shape index (κ3) is 4.05. The molecule has 0 aliphatic carbocycles. The molecule has 1 saturated heterocycles. The van der Waals surface area contributed by atoms with Crippen LogP contribution >= 0.6 is 0 Å². The number of fused-ring (bicyclic) bond motifs is 1. The van der Waals surface area contributed by atoms with E-state index in [1.54, 1.807) is 0 Å².